The molecule has 0 spiro atoms. The summed E-state index contributed by atoms with van der Waals surface area (Å²) in [6.07, 6.45) is 0. The van der Waals surface area contributed by atoms with Crippen molar-refractivity contribution in [3.05, 3.63) is 70.6 Å². The molecular weight excluding hydrogens is 276 g/mol. The summed E-state index contributed by atoms with van der Waals surface area (Å²) in [5, 5.41) is 3.18. The van der Waals surface area contributed by atoms with Gasteiger partial charge < -0.3 is 0 Å². The smallest absolute Gasteiger partial charge is 0.194 e. The molecule has 1 nitrogen and oxygen atoms in total. The van der Waals surface area contributed by atoms with Crippen LogP contribution in [0.4, 0.5) is 0 Å². The van der Waals surface area contributed by atoms with Crippen LogP contribution in [0.1, 0.15) is 42.3 Å². The van der Waals surface area contributed by atoms with Crippen molar-refractivity contribution in [3.63, 3.8) is 0 Å². The Balaban J connectivity index is 2.18. The molecule has 21 heavy (non-hydrogen) atoms. The number of hydrogen-bond acceptors (Lipinski definition) is 2. The fourth-order valence-electron chi connectivity index (χ4n) is 2.65. The van der Waals surface area contributed by atoms with Crippen molar-refractivity contribution < 1.29 is 4.79 Å². The molecule has 0 N–H and O–H groups in total. The average molecular weight is 294 g/mol. The zero-order valence-electron chi connectivity index (χ0n) is 12.5. The monoisotopic (exact) mass is 294 g/mol. The second-order valence-electron chi connectivity index (χ2n) is 6.27. The van der Waals surface area contributed by atoms with Crippen molar-refractivity contribution in [1.82, 2.24) is 0 Å². The second kappa shape index (κ2) is 5.12. The quantitative estimate of drug-likeness (QED) is 0.576. The van der Waals surface area contributed by atoms with Gasteiger partial charge >= 0.3 is 0 Å². The summed E-state index contributed by atoms with van der Waals surface area (Å²) in [4.78, 5) is 13.0. The molecule has 106 valence electrons. The summed E-state index contributed by atoms with van der Waals surface area (Å²) < 4.78 is 1.08. The highest BCUT2D eigenvalue weighted by Gasteiger charge is 2.23. The molecule has 2 heteroatoms. The number of ketones is 1. The first kappa shape index (κ1) is 14.0. The Kier molecular flexibility index (Phi) is 3.42. The van der Waals surface area contributed by atoms with E-state index < -0.39 is 0 Å². The minimum atomic E-state index is -0.0460. The molecule has 0 fully saturated rings. The summed E-state index contributed by atoms with van der Waals surface area (Å²) in [6.45, 7) is 6.43. The highest BCUT2D eigenvalue weighted by atomic mass is 32.1. The number of fused-ring (bicyclic) bond motifs is 1. The molecule has 0 unspecified atom stereocenters. The first-order chi connectivity index (χ1) is 9.98. The topological polar surface area (TPSA) is 17.1 Å². The van der Waals surface area contributed by atoms with E-state index in [1.165, 1.54) is 0 Å². The molecule has 0 atom stereocenters. The van der Waals surface area contributed by atoms with Crippen molar-refractivity contribution in [2.24, 2.45) is 0 Å². The van der Waals surface area contributed by atoms with Crippen LogP contribution in [0.5, 0.6) is 0 Å². The van der Waals surface area contributed by atoms with Gasteiger partial charge in [-0.15, -0.1) is 11.3 Å². The molecule has 3 rings (SSSR count). The van der Waals surface area contributed by atoms with Crippen LogP contribution in [0.2, 0.25) is 0 Å². The van der Waals surface area contributed by atoms with Crippen LogP contribution in [-0.4, -0.2) is 5.78 Å². The first-order valence-corrected chi connectivity index (χ1v) is 7.97. The van der Waals surface area contributed by atoms with Gasteiger partial charge in [-0.3, -0.25) is 4.79 Å². The molecule has 2 aromatic carbocycles. The van der Waals surface area contributed by atoms with Crippen molar-refractivity contribution in [2.45, 2.75) is 26.2 Å². The molecule has 1 heterocycles. The van der Waals surface area contributed by atoms with Gasteiger partial charge in [0.15, 0.2) is 5.78 Å². The number of thiophene rings is 1. The minimum Gasteiger partial charge on any atom is -0.289 e. The van der Waals surface area contributed by atoms with Crippen LogP contribution in [-0.2, 0) is 5.41 Å². The Bertz CT molecular complexity index is 806. The van der Waals surface area contributed by atoms with Gasteiger partial charge in [0.25, 0.3) is 0 Å². The number of carbonyl (C=O) groups excluding carboxylic acids is 1. The van der Waals surface area contributed by atoms with Crippen LogP contribution in [0.25, 0.3) is 10.1 Å². The number of rotatable bonds is 2. The molecule has 3 aromatic rings. The lowest BCUT2D eigenvalue weighted by Crippen LogP contribution is -2.17. The molecule has 0 aliphatic heterocycles. The van der Waals surface area contributed by atoms with Gasteiger partial charge in [-0.2, -0.15) is 0 Å². The van der Waals surface area contributed by atoms with Gasteiger partial charge in [0.05, 0.1) is 0 Å². The standard InChI is InChI=1S/C19H18OS/c1-19(2,3)16-10-5-4-8-14(16)17(20)15-9-6-7-13-11-12-21-18(13)15/h4-12H,1-3H3. The summed E-state index contributed by atoms with van der Waals surface area (Å²) in [5.74, 6) is 0.119. The average Bonchev–Trinajstić information content (AvgIpc) is 2.94. The van der Waals surface area contributed by atoms with Crippen molar-refractivity contribution >= 4 is 27.2 Å². The molecule has 0 aliphatic rings. The molecule has 0 saturated carbocycles. The highest BCUT2D eigenvalue weighted by molar-refractivity contribution is 7.17. The van der Waals surface area contributed by atoms with Crippen LogP contribution >= 0.6 is 11.3 Å². The maximum Gasteiger partial charge on any atom is 0.194 e. The number of benzene rings is 2. The summed E-state index contributed by atoms with van der Waals surface area (Å²) in [5.41, 5.74) is 2.67. The van der Waals surface area contributed by atoms with Crippen LogP contribution in [0.15, 0.2) is 53.9 Å². The zero-order chi connectivity index (χ0) is 15.0. The van der Waals surface area contributed by atoms with Crippen LogP contribution in [0.3, 0.4) is 0 Å². The second-order valence-corrected chi connectivity index (χ2v) is 7.19. The fourth-order valence-corrected chi connectivity index (χ4v) is 3.56. The van der Waals surface area contributed by atoms with E-state index in [4.69, 9.17) is 0 Å². The maximum atomic E-state index is 13.0. The lowest BCUT2D eigenvalue weighted by molar-refractivity contribution is 0.103. The van der Waals surface area contributed by atoms with E-state index in [9.17, 15) is 4.79 Å². The largest absolute Gasteiger partial charge is 0.289 e. The maximum absolute atomic E-state index is 13.0. The van der Waals surface area contributed by atoms with Crippen LogP contribution in [0, 0.1) is 0 Å². The van der Waals surface area contributed by atoms with E-state index in [1.807, 2.05) is 35.7 Å². The van der Waals surface area contributed by atoms with Gasteiger partial charge in [-0.05, 0) is 33.9 Å². The fraction of sp³-hybridized carbons (Fsp3) is 0.211. The summed E-state index contributed by atoms with van der Waals surface area (Å²) in [7, 11) is 0. The van der Waals surface area contributed by atoms with E-state index in [0.29, 0.717) is 0 Å². The van der Waals surface area contributed by atoms with E-state index >= 15 is 0 Å². The Hall–Kier alpha value is -1.93. The van der Waals surface area contributed by atoms with Crippen molar-refractivity contribution in [2.75, 3.05) is 0 Å². The molecular formula is C19H18OS. The van der Waals surface area contributed by atoms with Crippen molar-refractivity contribution in [3.8, 4) is 0 Å². The Morgan fingerprint density at radius 1 is 0.905 bits per heavy atom. The lowest BCUT2D eigenvalue weighted by Gasteiger charge is -2.22. The summed E-state index contributed by atoms with van der Waals surface area (Å²) >= 11 is 1.63. The Labute approximate surface area is 129 Å². The predicted octanol–water partition coefficient (Wildman–Crippen LogP) is 5.43. The molecule has 1 aromatic heterocycles. The predicted molar refractivity (Wildman–Crippen MR) is 90.4 cm³/mol. The third kappa shape index (κ3) is 2.52. The zero-order valence-corrected chi connectivity index (χ0v) is 13.3. The van der Waals surface area contributed by atoms with Gasteiger partial charge in [-0.1, -0.05) is 57.2 Å². The van der Waals surface area contributed by atoms with Gasteiger partial charge in [-0.25, -0.2) is 0 Å². The molecule has 0 amide bonds. The minimum absolute atomic E-state index is 0.0460. The van der Waals surface area contributed by atoms with Gasteiger partial charge in [0.1, 0.15) is 0 Å². The van der Waals surface area contributed by atoms with Crippen molar-refractivity contribution in [1.29, 1.82) is 0 Å². The molecule has 0 aliphatic carbocycles. The normalized spacial score (nSPS) is 11.8. The third-order valence-corrected chi connectivity index (χ3v) is 4.67. The first-order valence-electron chi connectivity index (χ1n) is 7.09. The lowest BCUT2D eigenvalue weighted by atomic mass is 9.82. The van der Waals surface area contributed by atoms with Gasteiger partial charge in [0.2, 0.25) is 0 Å². The van der Waals surface area contributed by atoms with E-state index in [2.05, 4.69) is 39.0 Å². The Morgan fingerprint density at radius 2 is 1.62 bits per heavy atom. The van der Waals surface area contributed by atoms with Gasteiger partial charge in [0, 0.05) is 15.8 Å². The molecule has 0 bridgehead atoms. The summed E-state index contributed by atoms with van der Waals surface area (Å²) in [6, 6.07) is 15.9. The SMILES string of the molecule is CC(C)(C)c1ccccc1C(=O)c1cccc2ccsc12. The number of hydrogen-bond donors (Lipinski definition) is 0. The molecule has 0 radical (unpaired) electrons. The molecule has 0 saturated heterocycles. The number of carbonyl (C=O) groups is 1. The Morgan fingerprint density at radius 3 is 2.38 bits per heavy atom. The third-order valence-electron chi connectivity index (χ3n) is 3.70. The van der Waals surface area contributed by atoms with E-state index in [-0.39, 0.29) is 11.2 Å². The van der Waals surface area contributed by atoms with E-state index in [1.54, 1.807) is 11.3 Å². The highest BCUT2D eigenvalue weighted by Crippen LogP contribution is 2.31. The van der Waals surface area contributed by atoms with Crippen LogP contribution < -0.4 is 0 Å². The van der Waals surface area contributed by atoms with E-state index in [0.717, 1.165) is 26.8 Å².